The molecular formula is C22H13ClO4. The number of esters is 1. The molecule has 3 aromatic carbocycles. The molecule has 5 heteroatoms. The van der Waals surface area contributed by atoms with Crippen LogP contribution in [0, 0.1) is 0 Å². The lowest BCUT2D eigenvalue weighted by Gasteiger charge is -2.10. The highest BCUT2D eigenvalue weighted by molar-refractivity contribution is 6.30. The van der Waals surface area contributed by atoms with Crippen molar-refractivity contribution in [3.05, 3.63) is 99.7 Å². The van der Waals surface area contributed by atoms with Crippen molar-refractivity contribution in [1.29, 1.82) is 0 Å². The average molecular weight is 377 g/mol. The van der Waals surface area contributed by atoms with Crippen LogP contribution in [0.2, 0.25) is 5.02 Å². The van der Waals surface area contributed by atoms with Crippen molar-refractivity contribution in [2.24, 2.45) is 0 Å². The molecule has 132 valence electrons. The lowest BCUT2D eigenvalue weighted by atomic mass is 10.1. The van der Waals surface area contributed by atoms with Crippen molar-refractivity contribution in [3.63, 3.8) is 0 Å². The summed E-state index contributed by atoms with van der Waals surface area (Å²) < 4.78 is 11.4. The molecule has 4 aromatic rings. The zero-order valence-corrected chi connectivity index (χ0v) is 14.8. The molecule has 0 radical (unpaired) electrons. The summed E-state index contributed by atoms with van der Waals surface area (Å²) in [5.74, 6) is -0.599. The molecule has 0 saturated heterocycles. The maximum absolute atomic E-state index is 13.0. The van der Waals surface area contributed by atoms with Gasteiger partial charge < -0.3 is 9.15 Å². The fraction of sp³-hybridized carbons (Fsp3) is 0. The fourth-order valence-corrected chi connectivity index (χ4v) is 2.86. The van der Waals surface area contributed by atoms with E-state index in [9.17, 15) is 9.59 Å². The van der Waals surface area contributed by atoms with Gasteiger partial charge in [-0.25, -0.2) is 4.79 Å². The van der Waals surface area contributed by atoms with E-state index in [0.29, 0.717) is 27.1 Å². The highest BCUT2D eigenvalue weighted by Gasteiger charge is 2.21. The van der Waals surface area contributed by atoms with Crippen LogP contribution < -0.4 is 10.2 Å². The average Bonchev–Trinajstić information content (AvgIpc) is 2.71. The Kier molecular flexibility index (Phi) is 4.48. The number of halogens is 1. The Morgan fingerprint density at radius 2 is 1.52 bits per heavy atom. The van der Waals surface area contributed by atoms with Crippen LogP contribution in [-0.4, -0.2) is 5.97 Å². The van der Waals surface area contributed by atoms with Crippen molar-refractivity contribution in [1.82, 2.24) is 0 Å². The summed E-state index contributed by atoms with van der Waals surface area (Å²) in [5.41, 5.74) is 0.920. The van der Waals surface area contributed by atoms with Gasteiger partial charge in [0.1, 0.15) is 5.58 Å². The third kappa shape index (κ3) is 3.35. The quantitative estimate of drug-likeness (QED) is 0.453. The van der Waals surface area contributed by atoms with E-state index in [1.54, 1.807) is 78.9 Å². The van der Waals surface area contributed by atoms with Crippen molar-refractivity contribution in [2.75, 3.05) is 0 Å². The number of benzene rings is 3. The molecule has 0 bridgehead atoms. The number of fused-ring (bicyclic) bond motifs is 1. The highest BCUT2D eigenvalue weighted by atomic mass is 35.5. The maximum atomic E-state index is 13.0. The third-order valence-corrected chi connectivity index (χ3v) is 4.32. The Morgan fingerprint density at radius 1 is 0.852 bits per heavy atom. The summed E-state index contributed by atoms with van der Waals surface area (Å²) in [6, 6.07) is 22.1. The maximum Gasteiger partial charge on any atom is 0.343 e. The first-order valence-corrected chi connectivity index (χ1v) is 8.60. The molecule has 4 nitrogen and oxygen atoms in total. The van der Waals surface area contributed by atoms with Crippen LogP contribution in [0.5, 0.6) is 5.75 Å². The molecule has 0 aliphatic rings. The molecule has 0 atom stereocenters. The molecular weight excluding hydrogens is 364 g/mol. The van der Waals surface area contributed by atoms with Gasteiger partial charge in [0.05, 0.1) is 10.9 Å². The second-order valence-electron chi connectivity index (χ2n) is 5.85. The van der Waals surface area contributed by atoms with Crippen molar-refractivity contribution in [3.8, 4) is 17.1 Å². The number of rotatable bonds is 3. The number of carbonyl (C=O) groups is 1. The Labute approximate surface area is 159 Å². The SMILES string of the molecule is O=C(Oc1c(-c2ccc(Cl)cc2)oc2ccccc2c1=O)c1ccccc1. The van der Waals surface area contributed by atoms with Crippen LogP contribution >= 0.6 is 11.6 Å². The Balaban J connectivity index is 1.90. The van der Waals surface area contributed by atoms with E-state index in [4.69, 9.17) is 20.8 Å². The minimum atomic E-state index is -0.631. The zero-order valence-electron chi connectivity index (χ0n) is 14.0. The Hall–Kier alpha value is -3.37. The number of hydrogen-bond acceptors (Lipinski definition) is 4. The molecule has 0 aliphatic heterocycles. The van der Waals surface area contributed by atoms with Gasteiger partial charge in [-0.1, -0.05) is 41.9 Å². The first kappa shape index (κ1) is 17.1. The third-order valence-electron chi connectivity index (χ3n) is 4.07. The van der Waals surface area contributed by atoms with E-state index >= 15 is 0 Å². The number of hydrogen-bond donors (Lipinski definition) is 0. The van der Waals surface area contributed by atoms with E-state index in [0.717, 1.165) is 0 Å². The summed E-state index contributed by atoms with van der Waals surface area (Å²) in [4.78, 5) is 25.5. The van der Waals surface area contributed by atoms with Crippen LogP contribution in [0.15, 0.2) is 88.1 Å². The first-order valence-electron chi connectivity index (χ1n) is 8.22. The molecule has 0 amide bonds. The van der Waals surface area contributed by atoms with Gasteiger partial charge >= 0.3 is 5.97 Å². The summed E-state index contributed by atoms with van der Waals surface area (Å²) in [6.07, 6.45) is 0. The summed E-state index contributed by atoms with van der Waals surface area (Å²) in [6.45, 7) is 0. The van der Waals surface area contributed by atoms with Crippen LogP contribution in [0.4, 0.5) is 0 Å². The molecule has 0 spiro atoms. The molecule has 1 aromatic heterocycles. The predicted molar refractivity (Wildman–Crippen MR) is 104 cm³/mol. The molecule has 0 N–H and O–H groups in total. The molecule has 0 aliphatic carbocycles. The topological polar surface area (TPSA) is 56.5 Å². The predicted octanol–water partition coefficient (Wildman–Crippen LogP) is 5.33. The van der Waals surface area contributed by atoms with Gasteiger partial charge in [0, 0.05) is 10.6 Å². The highest BCUT2D eigenvalue weighted by Crippen LogP contribution is 2.32. The fourth-order valence-electron chi connectivity index (χ4n) is 2.73. The zero-order chi connectivity index (χ0) is 18.8. The largest absolute Gasteiger partial charge is 0.452 e. The van der Waals surface area contributed by atoms with Gasteiger partial charge in [-0.2, -0.15) is 0 Å². The standard InChI is InChI=1S/C22H13ClO4/c23-16-12-10-14(11-13-16)20-21(27-22(25)15-6-2-1-3-7-15)19(24)17-8-4-5-9-18(17)26-20/h1-13H. The molecule has 4 rings (SSSR count). The molecule has 0 unspecified atom stereocenters. The van der Waals surface area contributed by atoms with Gasteiger partial charge in [0.25, 0.3) is 0 Å². The summed E-state index contributed by atoms with van der Waals surface area (Å²) >= 11 is 5.95. The smallest absolute Gasteiger partial charge is 0.343 e. The van der Waals surface area contributed by atoms with E-state index in [1.165, 1.54) is 0 Å². The van der Waals surface area contributed by atoms with Crippen LogP contribution in [0.1, 0.15) is 10.4 Å². The van der Waals surface area contributed by atoms with Gasteiger partial charge in [0.2, 0.25) is 11.2 Å². The minimum Gasteiger partial charge on any atom is -0.452 e. The minimum absolute atomic E-state index is 0.148. The lowest BCUT2D eigenvalue weighted by molar-refractivity contribution is 0.0731. The number of ether oxygens (including phenoxy) is 1. The van der Waals surface area contributed by atoms with Gasteiger partial charge in [-0.15, -0.1) is 0 Å². The normalized spacial score (nSPS) is 10.7. The van der Waals surface area contributed by atoms with Crippen molar-refractivity contribution < 1.29 is 13.9 Å². The second kappa shape index (κ2) is 7.09. The van der Waals surface area contributed by atoms with Crippen LogP contribution in [0.25, 0.3) is 22.3 Å². The Morgan fingerprint density at radius 3 is 2.26 bits per heavy atom. The number of para-hydroxylation sites is 1. The molecule has 1 heterocycles. The van der Waals surface area contributed by atoms with Crippen molar-refractivity contribution >= 4 is 28.5 Å². The van der Waals surface area contributed by atoms with Crippen LogP contribution in [0.3, 0.4) is 0 Å². The number of carbonyl (C=O) groups excluding carboxylic acids is 1. The van der Waals surface area contributed by atoms with Crippen molar-refractivity contribution in [2.45, 2.75) is 0 Å². The van der Waals surface area contributed by atoms with E-state index in [2.05, 4.69) is 0 Å². The lowest BCUT2D eigenvalue weighted by Crippen LogP contribution is -2.16. The second-order valence-corrected chi connectivity index (χ2v) is 6.28. The van der Waals surface area contributed by atoms with Crippen LogP contribution in [-0.2, 0) is 0 Å². The molecule has 27 heavy (non-hydrogen) atoms. The van der Waals surface area contributed by atoms with E-state index < -0.39 is 11.4 Å². The van der Waals surface area contributed by atoms with Gasteiger partial charge in [0.15, 0.2) is 5.76 Å². The van der Waals surface area contributed by atoms with Gasteiger partial charge in [-0.3, -0.25) is 4.79 Å². The first-order chi connectivity index (χ1) is 13.1. The van der Waals surface area contributed by atoms with E-state index in [1.807, 2.05) is 0 Å². The monoisotopic (exact) mass is 376 g/mol. The summed E-state index contributed by atoms with van der Waals surface area (Å²) in [5, 5.41) is 0.885. The Bertz CT molecular complexity index is 1180. The molecule has 0 fully saturated rings. The summed E-state index contributed by atoms with van der Waals surface area (Å²) in [7, 11) is 0. The molecule has 0 saturated carbocycles. The van der Waals surface area contributed by atoms with Gasteiger partial charge in [-0.05, 0) is 48.5 Å². The van der Waals surface area contributed by atoms with E-state index in [-0.39, 0.29) is 11.5 Å².